The van der Waals surface area contributed by atoms with Gasteiger partial charge in [-0.1, -0.05) is 12.1 Å². The first-order chi connectivity index (χ1) is 13.5. The van der Waals surface area contributed by atoms with Crippen molar-refractivity contribution >= 4 is 22.8 Å². The van der Waals surface area contributed by atoms with Crippen LogP contribution in [0.15, 0.2) is 30.3 Å². The number of imidazole rings is 1. The fourth-order valence-corrected chi connectivity index (χ4v) is 3.70. The summed E-state index contributed by atoms with van der Waals surface area (Å²) >= 11 is 0. The van der Waals surface area contributed by atoms with Crippen LogP contribution in [0.25, 0.3) is 11.0 Å². The number of carbonyl (C=O) groups excluding carboxylic acids is 2. The van der Waals surface area contributed by atoms with E-state index in [2.05, 4.69) is 15.4 Å². The Labute approximate surface area is 162 Å². The van der Waals surface area contributed by atoms with Crippen LogP contribution in [0.1, 0.15) is 40.8 Å². The number of aromatic nitrogens is 4. The Balaban J connectivity index is 1.50. The first kappa shape index (κ1) is 18.2. The molecular formula is C20H24N6O2. The van der Waals surface area contributed by atoms with Crippen molar-refractivity contribution in [3.8, 4) is 0 Å². The van der Waals surface area contributed by atoms with Gasteiger partial charge in [-0.3, -0.25) is 14.3 Å². The molecule has 3 aromatic rings. The van der Waals surface area contributed by atoms with Gasteiger partial charge >= 0.3 is 0 Å². The van der Waals surface area contributed by atoms with Gasteiger partial charge in [0, 0.05) is 31.7 Å². The molecule has 4 rings (SSSR count). The van der Waals surface area contributed by atoms with Gasteiger partial charge in [0.2, 0.25) is 5.91 Å². The smallest absolute Gasteiger partial charge is 0.274 e. The lowest BCUT2D eigenvalue weighted by molar-refractivity contribution is -0.121. The Morgan fingerprint density at radius 2 is 2.14 bits per heavy atom. The summed E-state index contributed by atoms with van der Waals surface area (Å²) in [7, 11) is 1.58. The molecule has 3 heterocycles. The average molecular weight is 380 g/mol. The minimum Gasteiger partial charge on any atom is -0.358 e. The summed E-state index contributed by atoms with van der Waals surface area (Å²) in [4.78, 5) is 34.5. The fraction of sp³-hybridized carbons (Fsp3) is 0.400. The third-order valence-electron chi connectivity index (χ3n) is 5.28. The number of amides is 2. The predicted molar refractivity (Wildman–Crippen MR) is 105 cm³/mol. The number of piperidine rings is 1. The summed E-state index contributed by atoms with van der Waals surface area (Å²) in [6, 6.07) is 9.71. The van der Waals surface area contributed by atoms with E-state index in [-0.39, 0.29) is 24.3 Å². The second-order valence-corrected chi connectivity index (χ2v) is 7.23. The number of hydrogen-bond acceptors (Lipinski definition) is 4. The summed E-state index contributed by atoms with van der Waals surface area (Å²) in [5.41, 5.74) is 3.14. The summed E-state index contributed by atoms with van der Waals surface area (Å²) in [5, 5.41) is 6.92. The lowest BCUT2D eigenvalue weighted by Gasteiger charge is -2.31. The molecule has 28 heavy (non-hydrogen) atoms. The molecule has 0 unspecified atom stereocenters. The molecule has 1 aliphatic rings. The van der Waals surface area contributed by atoms with Gasteiger partial charge in [0.05, 0.1) is 11.0 Å². The van der Waals surface area contributed by atoms with Crippen molar-refractivity contribution in [1.82, 2.24) is 30.0 Å². The molecule has 1 aliphatic heterocycles. The van der Waals surface area contributed by atoms with Gasteiger partial charge in [-0.15, -0.1) is 0 Å². The molecule has 2 amide bonds. The zero-order chi connectivity index (χ0) is 19.7. The van der Waals surface area contributed by atoms with E-state index in [4.69, 9.17) is 4.98 Å². The second-order valence-electron chi connectivity index (χ2n) is 7.23. The minimum atomic E-state index is -0.145. The zero-order valence-corrected chi connectivity index (χ0v) is 16.1. The highest BCUT2D eigenvalue weighted by Crippen LogP contribution is 2.27. The number of aromatic amines is 1. The number of para-hydroxylation sites is 2. The van der Waals surface area contributed by atoms with Crippen LogP contribution in [-0.2, 0) is 11.3 Å². The molecule has 0 radical (unpaired) electrons. The van der Waals surface area contributed by atoms with E-state index in [1.807, 2.05) is 36.1 Å². The SMILES string of the molecule is CNC(=O)Cn1nc(C(=O)N2CCC[C@H](c3nc4ccccc4[nH]3)C2)cc1C. The molecule has 0 aliphatic carbocycles. The molecule has 0 spiro atoms. The van der Waals surface area contributed by atoms with Crippen molar-refractivity contribution in [2.45, 2.75) is 32.2 Å². The first-order valence-corrected chi connectivity index (χ1v) is 9.54. The Hall–Kier alpha value is -3.16. The lowest BCUT2D eigenvalue weighted by atomic mass is 9.97. The molecule has 1 saturated heterocycles. The predicted octanol–water partition coefficient (Wildman–Crippen LogP) is 1.83. The van der Waals surface area contributed by atoms with E-state index < -0.39 is 0 Å². The van der Waals surface area contributed by atoms with Crippen molar-refractivity contribution in [2.75, 3.05) is 20.1 Å². The molecule has 146 valence electrons. The Kier molecular flexibility index (Phi) is 4.85. The van der Waals surface area contributed by atoms with Gasteiger partial charge in [0.1, 0.15) is 12.4 Å². The number of H-pyrrole nitrogens is 1. The fourth-order valence-electron chi connectivity index (χ4n) is 3.70. The zero-order valence-electron chi connectivity index (χ0n) is 16.1. The number of nitrogens with one attached hydrogen (secondary N) is 2. The van der Waals surface area contributed by atoms with E-state index in [0.717, 1.165) is 35.4 Å². The molecule has 2 N–H and O–H groups in total. The normalized spacial score (nSPS) is 17.1. The van der Waals surface area contributed by atoms with Gasteiger partial charge in [-0.2, -0.15) is 5.10 Å². The number of aryl methyl sites for hydroxylation is 1. The Morgan fingerprint density at radius 1 is 1.32 bits per heavy atom. The molecule has 1 aromatic carbocycles. The molecule has 8 nitrogen and oxygen atoms in total. The van der Waals surface area contributed by atoms with E-state index in [9.17, 15) is 9.59 Å². The van der Waals surface area contributed by atoms with E-state index in [1.54, 1.807) is 17.8 Å². The number of nitrogens with zero attached hydrogens (tertiary/aromatic N) is 4. The Bertz CT molecular complexity index is 988. The summed E-state index contributed by atoms with van der Waals surface area (Å²) in [6.07, 6.45) is 1.92. The van der Waals surface area contributed by atoms with Crippen LogP contribution >= 0.6 is 0 Å². The van der Waals surface area contributed by atoms with E-state index in [0.29, 0.717) is 18.8 Å². The summed E-state index contributed by atoms with van der Waals surface area (Å²) < 4.78 is 1.56. The van der Waals surface area contributed by atoms with Crippen LogP contribution in [0.5, 0.6) is 0 Å². The summed E-state index contributed by atoms with van der Waals surface area (Å²) in [5.74, 6) is 0.867. The minimum absolute atomic E-state index is 0.0976. The third-order valence-corrected chi connectivity index (χ3v) is 5.28. The highest BCUT2D eigenvalue weighted by Gasteiger charge is 2.28. The number of rotatable bonds is 4. The number of fused-ring (bicyclic) bond motifs is 1. The highest BCUT2D eigenvalue weighted by molar-refractivity contribution is 5.92. The maximum Gasteiger partial charge on any atom is 0.274 e. The molecule has 8 heteroatoms. The number of hydrogen-bond donors (Lipinski definition) is 2. The van der Waals surface area contributed by atoms with Crippen molar-refractivity contribution in [3.05, 3.63) is 47.5 Å². The molecule has 0 bridgehead atoms. The van der Waals surface area contributed by atoms with Crippen molar-refractivity contribution < 1.29 is 9.59 Å². The van der Waals surface area contributed by atoms with Crippen LogP contribution in [0.3, 0.4) is 0 Å². The third kappa shape index (κ3) is 3.49. The van der Waals surface area contributed by atoms with Gasteiger partial charge < -0.3 is 15.2 Å². The second kappa shape index (κ2) is 7.46. The number of benzene rings is 1. The monoisotopic (exact) mass is 380 g/mol. The summed E-state index contributed by atoms with van der Waals surface area (Å²) in [6.45, 7) is 3.27. The number of likely N-dealkylation sites (tertiary alicyclic amines) is 1. The topological polar surface area (TPSA) is 95.9 Å². The first-order valence-electron chi connectivity index (χ1n) is 9.54. The van der Waals surface area contributed by atoms with Crippen molar-refractivity contribution in [2.24, 2.45) is 0 Å². The van der Waals surface area contributed by atoms with E-state index in [1.165, 1.54) is 0 Å². The van der Waals surface area contributed by atoms with Gasteiger partial charge in [0.15, 0.2) is 5.69 Å². The van der Waals surface area contributed by atoms with Gasteiger partial charge in [0.25, 0.3) is 5.91 Å². The molecule has 2 aromatic heterocycles. The Morgan fingerprint density at radius 3 is 2.93 bits per heavy atom. The average Bonchev–Trinajstić information content (AvgIpc) is 3.31. The molecular weight excluding hydrogens is 356 g/mol. The van der Waals surface area contributed by atoms with Crippen LogP contribution in [0.4, 0.5) is 0 Å². The van der Waals surface area contributed by atoms with E-state index >= 15 is 0 Å². The largest absolute Gasteiger partial charge is 0.358 e. The maximum absolute atomic E-state index is 13.0. The van der Waals surface area contributed by atoms with Crippen molar-refractivity contribution in [3.63, 3.8) is 0 Å². The lowest BCUT2D eigenvalue weighted by Crippen LogP contribution is -2.39. The number of likely N-dealkylation sites (N-methyl/N-ethyl adjacent to an activating group) is 1. The van der Waals surface area contributed by atoms with Crippen molar-refractivity contribution in [1.29, 1.82) is 0 Å². The standard InChI is InChI=1S/C20H24N6O2/c1-13-10-17(24-26(13)12-18(27)21-2)20(28)25-9-5-6-14(11-25)19-22-15-7-3-4-8-16(15)23-19/h3-4,7-8,10,14H,5-6,9,11-12H2,1-2H3,(H,21,27)(H,22,23)/t14-/m0/s1. The van der Waals surface area contributed by atoms with Gasteiger partial charge in [-0.05, 0) is 38.0 Å². The van der Waals surface area contributed by atoms with Crippen LogP contribution in [0.2, 0.25) is 0 Å². The maximum atomic E-state index is 13.0. The van der Waals surface area contributed by atoms with Crippen LogP contribution < -0.4 is 5.32 Å². The van der Waals surface area contributed by atoms with Gasteiger partial charge in [-0.25, -0.2) is 4.98 Å². The van der Waals surface area contributed by atoms with Crippen LogP contribution in [-0.4, -0.2) is 56.6 Å². The highest BCUT2D eigenvalue weighted by atomic mass is 16.2. The molecule has 0 saturated carbocycles. The quantitative estimate of drug-likeness (QED) is 0.722. The molecule has 1 fully saturated rings. The van der Waals surface area contributed by atoms with Crippen LogP contribution in [0, 0.1) is 6.92 Å². The molecule has 1 atom stereocenters. The number of carbonyl (C=O) groups is 2.